The molecule has 1 N–H and O–H groups in total. The molecule has 3 aromatic rings. The van der Waals surface area contributed by atoms with Crippen LogP contribution in [-0.4, -0.2) is 22.3 Å². The number of nitrogens with zero attached hydrogens (tertiary/aromatic N) is 2. The van der Waals surface area contributed by atoms with Gasteiger partial charge in [-0.05, 0) is 41.5 Å². The molecule has 4 rings (SSSR count). The number of ether oxygens (including phenoxy) is 1. The first-order chi connectivity index (χ1) is 13.2. The van der Waals surface area contributed by atoms with E-state index in [1.165, 1.54) is 0 Å². The van der Waals surface area contributed by atoms with Crippen molar-refractivity contribution in [3.63, 3.8) is 0 Å². The summed E-state index contributed by atoms with van der Waals surface area (Å²) in [4.78, 5) is 12.6. The fourth-order valence-electron chi connectivity index (χ4n) is 3.02. The number of fused-ring (bicyclic) bond motifs is 1. The molecule has 27 heavy (non-hydrogen) atoms. The van der Waals surface area contributed by atoms with Crippen molar-refractivity contribution in [1.29, 1.82) is 0 Å². The Hall–Kier alpha value is -3.05. The van der Waals surface area contributed by atoms with E-state index < -0.39 is 0 Å². The lowest BCUT2D eigenvalue weighted by atomic mass is 10.1. The Bertz CT molecular complexity index is 996. The molecule has 0 aliphatic carbocycles. The fourth-order valence-corrected chi connectivity index (χ4v) is 3.20. The van der Waals surface area contributed by atoms with Gasteiger partial charge in [0.1, 0.15) is 12.4 Å². The summed E-state index contributed by atoms with van der Waals surface area (Å²) in [5.41, 5.74) is 3.57. The summed E-state index contributed by atoms with van der Waals surface area (Å²) in [5, 5.41) is 7.84. The average molecular weight is 380 g/mol. The van der Waals surface area contributed by atoms with Crippen LogP contribution in [0, 0.1) is 0 Å². The number of hydrogen-bond acceptors (Lipinski definition) is 3. The van der Waals surface area contributed by atoms with Crippen LogP contribution in [-0.2, 0) is 17.9 Å². The molecule has 6 heteroatoms. The minimum absolute atomic E-state index is 0.144. The van der Waals surface area contributed by atoms with Crippen LogP contribution in [0.15, 0.2) is 66.5 Å². The van der Waals surface area contributed by atoms with Crippen LogP contribution in [0.25, 0.3) is 6.08 Å². The highest BCUT2D eigenvalue weighted by Crippen LogP contribution is 2.29. The molecular weight excluding hydrogens is 362 g/mol. The molecule has 0 unspecified atom stereocenters. The Morgan fingerprint density at radius 1 is 1.19 bits per heavy atom. The van der Waals surface area contributed by atoms with Gasteiger partial charge in [-0.15, -0.1) is 0 Å². The molecule has 0 saturated heterocycles. The molecule has 1 amide bonds. The Morgan fingerprint density at radius 3 is 2.85 bits per heavy atom. The van der Waals surface area contributed by atoms with Gasteiger partial charge in [-0.1, -0.05) is 35.9 Å². The van der Waals surface area contributed by atoms with E-state index in [-0.39, 0.29) is 12.5 Å². The summed E-state index contributed by atoms with van der Waals surface area (Å²) < 4.78 is 7.52. The van der Waals surface area contributed by atoms with Gasteiger partial charge in [0.25, 0.3) is 5.91 Å². The minimum atomic E-state index is -0.144. The van der Waals surface area contributed by atoms with Crippen LogP contribution >= 0.6 is 11.6 Å². The Morgan fingerprint density at radius 2 is 2.04 bits per heavy atom. The number of carbonyl (C=O) groups is 1. The van der Waals surface area contributed by atoms with Crippen molar-refractivity contribution in [3.05, 3.63) is 88.2 Å². The molecular formula is C21H18ClN3O2. The zero-order valence-corrected chi connectivity index (χ0v) is 15.3. The standard InChI is InChI=1S/C21H18ClN3O2/c22-19-6-7-20-17(11-19)10-18(14-27-20)21(26)23-12-15-4-1-2-5-16(15)13-25-9-3-8-24-25/h1-11H,12-14H2,(H,23,26). The normalized spacial score (nSPS) is 12.7. The summed E-state index contributed by atoms with van der Waals surface area (Å²) in [6.45, 7) is 1.35. The molecule has 0 fully saturated rings. The van der Waals surface area contributed by atoms with Crippen LogP contribution in [0.3, 0.4) is 0 Å². The van der Waals surface area contributed by atoms with E-state index in [0.29, 0.717) is 23.7 Å². The van der Waals surface area contributed by atoms with Gasteiger partial charge in [-0.2, -0.15) is 5.10 Å². The number of halogens is 1. The second-order valence-electron chi connectivity index (χ2n) is 6.30. The Kier molecular flexibility index (Phi) is 4.94. The van der Waals surface area contributed by atoms with Crippen LogP contribution < -0.4 is 10.1 Å². The SMILES string of the molecule is O=C(NCc1ccccc1Cn1cccn1)C1=Cc2cc(Cl)ccc2OC1. The maximum atomic E-state index is 12.6. The molecule has 1 aromatic heterocycles. The molecule has 0 bridgehead atoms. The second-order valence-corrected chi connectivity index (χ2v) is 6.73. The van der Waals surface area contributed by atoms with Gasteiger partial charge in [-0.3, -0.25) is 9.48 Å². The number of aromatic nitrogens is 2. The van der Waals surface area contributed by atoms with Gasteiger partial charge in [0.2, 0.25) is 0 Å². The highest BCUT2D eigenvalue weighted by molar-refractivity contribution is 6.30. The number of carbonyl (C=O) groups excluding carboxylic acids is 1. The van der Waals surface area contributed by atoms with Crippen molar-refractivity contribution in [2.45, 2.75) is 13.1 Å². The Balaban J connectivity index is 1.46. The van der Waals surface area contributed by atoms with Crippen molar-refractivity contribution < 1.29 is 9.53 Å². The lowest BCUT2D eigenvalue weighted by Crippen LogP contribution is -2.28. The third-order valence-electron chi connectivity index (χ3n) is 4.43. The summed E-state index contributed by atoms with van der Waals surface area (Å²) in [5.74, 6) is 0.593. The maximum Gasteiger partial charge on any atom is 0.250 e. The molecule has 136 valence electrons. The van der Waals surface area contributed by atoms with Crippen molar-refractivity contribution in [3.8, 4) is 5.75 Å². The van der Waals surface area contributed by atoms with Gasteiger partial charge in [0.15, 0.2) is 0 Å². The first-order valence-corrected chi connectivity index (χ1v) is 9.02. The van der Waals surface area contributed by atoms with E-state index in [1.54, 1.807) is 18.3 Å². The van der Waals surface area contributed by atoms with E-state index in [9.17, 15) is 4.79 Å². The minimum Gasteiger partial charge on any atom is -0.488 e. The van der Waals surface area contributed by atoms with E-state index in [2.05, 4.69) is 10.4 Å². The van der Waals surface area contributed by atoms with Gasteiger partial charge in [-0.25, -0.2) is 0 Å². The van der Waals surface area contributed by atoms with Crippen LogP contribution in [0.1, 0.15) is 16.7 Å². The van der Waals surface area contributed by atoms with E-state index in [0.717, 1.165) is 22.4 Å². The van der Waals surface area contributed by atoms with Crippen molar-refractivity contribution in [2.24, 2.45) is 0 Å². The van der Waals surface area contributed by atoms with Crippen molar-refractivity contribution in [2.75, 3.05) is 6.61 Å². The predicted molar refractivity (Wildman–Crippen MR) is 105 cm³/mol. The highest BCUT2D eigenvalue weighted by Gasteiger charge is 2.17. The monoisotopic (exact) mass is 379 g/mol. The zero-order chi connectivity index (χ0) is 18.6. The summed E-state index contributed by atoms with van der Waals surface area (Å²) in [6.07, 6.45) is 5.50. The number of nitrogens with one attached hydrogen (secondary N) is 1. The molecule has 0 saturated carbocycles. The van der Waals surface area contributed by atoms with E-state index in [1.807, 2.05) is 53.4 Å². The molecule has 0 atom stereocenters. The smallest absolute Gasteiger partial charge is 0.250 e. The molecule has 2 aromatic carbocycles. The predicted octanol–water partition coefficient (Wildman–Crippen LogP) is 3.68. The number of hydrogen-bond donors (Lipinski definition) is 1. The van der Waals surface area contributed by atoms with Crippen molar-refractivity contribution >= 4 is 23.6 Å². The number of rotatable bonds is 5. The first kappa shape index (κ1) is 17.4. The molecule has 1 aliphatic heterocycles. The van der Waals surface area contributed by atoms with E-state index >= 15 is 0 Å². The van der Waals surface area contributed by atoms with Crippen LogP contribution in [0.2, 0.25) is 5.02 Å². The Labute approximate surface area is 162 Å². The topological polar surface area (TPSA) is 56.2 Å². The van der Waals surface area contributed by atoms with Crippen LogP contribution in [0.4, 0.5) is 0 Å². The second kappa shape index (κ2) is 7.68. The third kappa shape index (κ3) is 4.04. The lowest BCUT2D eigenvalue weighted by molar-refractivity contribution is -0.117. The third-order valence-corrected chi connectivity index (χ3v) is 4.66. The van der Waals surface area contributed by atoms with Crippen LogP contribution in [0.5, 0.6) is 5.75 Å². The first-order valence-electron chi connectivity index (χ1n) is 8.64. The zero-order valence-electron chi connectivity index (χ0n) is 14.6. The number of amides is 1. The molecule has 2 heterocycles. The summed E-state index contributed by atoms with van der Waals surface area (Å²) in [7, 11) is 0. The fraction of sp³-hybridized carbons (Fsp3) is 0.143. The summed E-state index contributed by atoms with van der Waals surface area (Å²) >= 11 is 6.03. The average Bonchev–Trinajstić information content (AvgIpc) is 3.19. The molecule has 0 radical (unpaired) electrons. The van der Waals surface area contributed by atoms with Crippen molar-refractivity contribution in [1.82, 2.24) is 15.1 Å². The van der Waals surface area contributed by atoms with E-state index in [4.69, 9.17) is 16.3 Å². The largest absolute Gasteiger partial charge is 0.488 e. The van der Waals surface area contributed by atoms with Gasteiger partial charge < -0.3 is 10.1 Å². The lowest BCUT2D eigenvalue weighted by Gasteiger charge is -2.18. The van der Waals surface area contributed by atoms with Gasteiger partial charge in [0.05, 0.1) is 12.1 Å². The van der Waals surface area contributed by atoms with Gasteiger partial charge >= 0.3 is 0 Å². The molecule has 0 spiro atoms. The quantitative estimate of drug-likeness (QED) is 0.735. The molecule has 5 nitrogen and oxygen atoms in total. The highest BCUT2D eigenvalue weighted by atomic mass is 35.5. The number of benzene rings is 2. The molecule has 1 aliphatic rings. The summed E-state index contributed by atoms with van der Waals surface area (Å²) in [6, 6.07) is 15.3. The van der Waals surface area contributed by atoms with Gasteiger partial charge in [0, 0.05) is 29.5 Å². The maximum absolute atomic E-state index is 12.6.